The largest absolute Gasteiger partial charge is 0.381 e. The third-order valence-corrected chi connectivity index (χ3v) is 3.39. The fraction of sp³-hybridized carbons (Fsp3) is 0.917. The molecule has 0 saturated carbocycles. The van der Waals surface area contributed by atoms with Crippen LogP contribution in [0.15, 0.2) is 0 Å². The van der Waals surface area contributed by atoms with Crippen LogP contribution in [0.3, 0.4) is 0 Å². The van der Waals surface area contributed by atoms with E-state index in [9.17, 15) is 4.79 Å². The molecule has 17 heavy (non-hydrogen) atoms. The standard InChI is InChI=1S/C12H22N2O3/c15-12(14-5-3-13-4-6-14)10-17-9-11-1-7-16-8-2-11/h11,13H,1-10H2. The molecule has 0 aliphatic carbocycles. The molecule has 0 radical (unpaired) electrons. The van der Waals surface area contributed by atoms with Gasteiger partial charge in [0.05, 0.1) is 6.61 Å². The van der Waals surface area contributed by atoms with E-state index in [0.717, 1.165) is 52.2 Å². The van der Waals surface area contributed by atoms with Crippen LogP contribution in [0.25, 0.3) is 0 Å². The van der Waals surface area contributed by atoms with E-state index in [1.807, 2.05) is 4.90 Å². The first-order valence-electron chi connectivity index (χ1n) is 6.50. The average molecular weight is 242 g/mol. The summed E-state index contributed by atoms with van der Waals surface area (Å²) in [4.78, 5) is 13.7. The van der Waals surface area contributed by atoms with E-state index in [1.165, 1.54) is 0 Å². The molecule has 2 fully saturated rings. The van der Waals surface area contributed by atoms with Crippen molar-refractivity contribution in [3.8, 4) is 0 Å². The molecule has 0 aromatic rings. The Morgan fingerprint density at radius 2 is 2.00 bits per heavy atom. The molecule has 0 spiro atoms. The Bertz CT molecular complexity index is 236. The smallest absolute Gasteiger partial charge is 0.248 e. The number of hydrogen-bond donors (Lipinski definition) is 1. The lowest BCUT2D eigenvalue weighted by Crippen LogP contribution is -2.47. The predicted octanol–water partition coefficient (Wildman–Crippen LogP) is -0.139. The Kier molecular flexibility index (Phi) is 5.22. The molecule has 98 valence electrons. The maximum atomic E-state index is 11.8. The van der Waals surface area contributed by atoms with Gasteiger partial charge < -0.3 is 19.7 Å². The highest BCUT2D eigenvalue weighted by Gasteiger charge is 2.18. The van der Waals surface area contributed by atoms with E-state index in [-0.39, 0.29) is 12.5 Å². The molecule has 0 atom stereocenters. The van der Waals surface area contributed by atoms with Gasteiger partial charge in [-0.05, 0) is 18.8 Å². The highest BCUT2D eigenvalue weighted by molar-refractivity contribution is 5.77. The lowest BCUT2D eigenvalue weighted by atomic mass is 10.0. The summed E-state index contributed by atoms with van der Waals surface area (Å²) in [5.41, 5.74) is 0. The summed E-state index contributed by atoms with van der Waals surface area (Å²) in [6.45, 7) is 5.99. The van der Waals surface area contributed by atoms with Crippen LogP contribution in [-0.2, 0) is 14.3 Å². The van der Waals surface area contributed by atoms with Crippen molar-refractivity contribution in [3.63, 3.8) is 0 Å². The minimum absolute atomic E-state index is 0.124. The van der Waals surface area contributed by atoms with Crippen LogP contribution in [0.1, 0.15) is 12.8 Å². The molecule has 2 aliphatic heterocycles. The number of carbonyl (C=O) groups excluding carboxylic acids is 1. The Labute approximate surface area is 102 Å². The number of hydrogen-bond acceptors (Lipinski definition) is 4. The van der Waals surface area contributed by atoms with Gasteiger partial charge in [-0.2, -0.15) is 0 Å². The Morgan fingerprint density at radius 3 is 2.71 bits per heavy atom. The molecular formula is C12H22N2O3. The topological polar surface area (TPSA) is 50.8 Å². The fourth-order valence-corrected chi connectivity index (χ4v) is 2.23. The quantitative estimate of drug-likeness (QED) is 0.745. The maximum absolute atomic E-state index is 11.8. The van der Waals surface area contributed by atoms with Crippen LogP contribution in [-0.4, -0.2) is 63.4 Å². The molecule has 1 amide bonds. The number of carbonyl (C=O) groups is 1. The summed E-state index contributed by atoms with van der Waals surface area (Å²) in [6, 6.07) is 0. The van der Waals surface area contributed by atoms with Gasteiger partial charge in [0.2, 0.25) is 5.91 Å². The van der Waals surface area contributed by atoms with Crippen molar-refractivity contribution in [2.75, 3.05) is 52.6 Å². The van der Waals surface area contributed by atoms with E-state index in [1.54, 1.807) is 0 Å². The Balaban J connectivity index is 1.58. The zero-order chi connectivity index (χ0) is 11.9. The van der Waals surface area contributed by atoms with Crippen LogP contribution < -0.4 is 5.32 Å². The predicted molar refractivity (Wildman–Crippen MR) is 63.8 cm³/mol. The number of nitrogens with one attached hydrogen (secondary N) is 1. The van der Waals surface area contributed by atoms with Gasteiger partial charge in [-0.25, -0.2) is 0 Å². The number of amides is 1. The van der Waals surface area contributed by atoms with Gasteiger partial charge in [-0.3, -0.25) is 4.79 Å². The average Bonchev–Trinajstić information content (AvgIpc) is 2.41. The molecule has 0 aromatic heterocycles. The lowest BCUT2D eigenvalue weighted by Gasteiger charge is -2.28. The minimum atomic E-state index is 0.124. The second-order valence-corrected chi connectivity index (χ2v) is 4.70. The van der Waals surface area contributed by atoms with E-state index >= 15 is 0 Å². The van der Waals surface area contributed by atoms with Gasteiger partial charge >= 0.3 is 0 Å². The van der Waals surface area contributed by atoms with E-state index < -0.39 is 0 Å². The molecule has 2 saturated heterocycles. The van der Waals surface area contributed by atoms with Crippen molar-refractivity contribution in [1.29, 1.82) is 0 Å². The van der Waals surface area contributed by atoms with E-state index in [0.29, 0.717) is 12.5 Å². The highest BCUT2D eigenvalue weighted by atomic mass is 16.5. The zero-order valence-corrected chi connectivity index (χ0v) is 10.3. The first-order valence-corrected chi connectivity index (χ1v) is 6.50. The number of piperazine rings is 1. The van der Waals surface area contributed by atoms with Crippen molar-refractivity contribution in [1.82, 2.24) is 10.2 Å². The van der Waals surface area contributed by atoms with Crippen LogP contribution in [0.2, 0.25) is 0 Å². The Morgan fingerprint density at radius 1 is 1.29 bits per heavy atom. The normalized spacial score (nSPS) is 22.7. The van der Waals surface area contributed by atoms with Crippen molar-refractivity contribution in [3.05, 3.63) is 0 Å². The van der Waals surface area contributed by atoms with Gasteiger partial charge in [0.1, 0.15) is 6.61 Å². The van der Waals surface area contributed by atoms with Crippen LogP contribution in [0.5, 0.6) is 0 Å². The molecule has 1 N–H and O–H groups in total. The second kappa shape index (κ2) is 6.93. The van der Waals surface area contributed by atoms with Crippen LogP contribution >= 0.6 is 0 Å². The summed E-state index contributed by atoms with van der Waals surface area (Å²) in [5, 5.41) is 3.23. The Hall–Kier alpha value is -0.650. The molecule has 5 heteroatoms. The SMILES string of the molecule is O=C(COCC1CCOCC1)N1CCNCC1. The second-order valence-electron chi connectivity index (χ2n) is 4.70. The fourth-order valence-electron chi connectivity index (χ4n) is 2.23. The highest BCUT2D eigenvalue weighted by Crippen LogP contribution is 2.14. The first-order chi connectivity index (χ1) is 8.36. The first kappa shape index (κ1) is 12.8. The van der Waals surface area contributed by atoms with Gasteiger partial charge in [-0.15, -0.1) is 0 Å². The van der Waals surface area contributed by atoms with Crippen molar-refractivity contribution in [2.45, 2.75) is 12.8 Å². The molecule has 0 aromatic carbocycles. The lowest BCUT2D eigenvalue weighted by molar-refractivity contribution is -0.137. The van der Waals surface area contributed by atoms with Crippen LogP contribution in [0, 0.1) is 5.92 Å². The monoisotopic (exact) mass is 242 g/mol. The van der Waals surface area contributed by atoms with E-state index in [4.69, 9.17) is 9.47 Å². The van der Waals surface area contributed by atoms with Gasteiger partial charge in [0.25, 0.3) is 0 Å². The minimum Gasteiger partial charge on any atom is -0.381 e. The number of nitrogens with zero attached hydrogens (tertiary/aromatic N) is 1. The van der Waals surface area contributed by atoms with Gasteiger partial charge in [0.15, 0.2) is 0 Å². The number of ether oxygens (including phenoxy) is 2. The van der Waals surface area contributed by atoms with Crippen LogP contribution in [0.4, 0.5) is 0 Å². The molecule has 0 unspecified atom stereocenters. The molecule has 5 nitrogen and oxygen atoms in total. The maximum Gasteiger partial charge on any atom is 0.248 e. The molecule has 2 aliphatic rings. The summed E-state index contributed by atoms with van der Waals surface area (Å²) in [6.07, 6.45) is 2.11. The third kappa shape index (κ3) is 4.26. The summed E-state index contributed by atoms with van der Waals surface area (Å²) >= 11 is 0. The van der Waals surface area contributed by atoms with Crippen molar-refractivity contribution >= 4 is 5.91 Å². The summed E-state index contributed by atoms with van der Waals surface area (Å²) in [7, 11) is 0. The molecule has 2 heterocycles. The van der Waals surface area contributed by atoms with Gasteiger partial charge in [-0.1, -0.05) is 0 Å². The molecular weight excluding hydrogens is 220 g/mol. The third-order valence-electron chi connectivity index (χ3n) is 3.39. The van der Waals surface area contributed by atoms with Crippen molar-refractivity contribution < 1.29 is 14.3 Å². The zero-order valence-electron chi connectivity index (χ0n) is 10.3. The molecule has 2 rings (SSSR count). The number of rotatable bonds is 4. The van der Waals surface area contributed by atoms with E-state index in [2.05, 4.69) is 5.32 Å². The summed E-state index contributed by atoms with van der Waals surface area (Å²) < 4.78 is 10.8. The summed E-state index contributed by atoms with van der Waals surface area (Å²) in [5.74, 6) is 0.693. The van der Waals surface area contributed by atoms with Gasteiger partial charge in [0, 0.05) is 39.4 Å². The molecule has 0 bridgehead atoms. The van der Waals surface area contributed by atoms with Crippen molar-refractivity contribution in [2.24, 2.45) is 5.92 Å².